The molecule has 2 rings (SSSR count). The van der Waals surface area contributed by atoms with Crippen molar-refractivity contribution in [1.82, 2.24) is 9.55 Å². The molecule has 1 aromatic heterocycles. The molecule has 5 heteroatoms. The van der Waals surface area contributed by atoms with Gasteiger partial charge in [0.1, 0.15) is 11.9 Å². The zero-order valence-corrected chi connectivity index (χ0v) is 14.2. The summed E-state index contributed by atoms with van der Waals surface area (Å²) in [6.45, 7) is 4.89. The first kappa shape index (κ1) is 17.4. The van der Waals surface area contributed by atoms with E-state index < -0.39 is 6.10 Å². The molecule has 1 aromatic carbocycles. The number of ether oxygens (including phenoxy) is 2. The van der Waals surface area contributed by atoms with Gasteiger partial charge in [0.2, 0.25) is 0 Å². The molecule has 0 N–H and O–H groups in total. The predicted octanol–water partition coefficient (Wildman–Crippen LogP) is 2.66. The van der Waals surface area contributed by atoms with Crippen molar-refractivity contribution in [3.63, 3.8) is 0 Å². The third-order valence-electron chi connectivity index (χ3n) is 3.76. The van der Waals surface area contributed by atoms with Gasteiger partial charge in [0.05, 0.1) is 13.2 Å². The van der Waals surface area contributed by atoms with Crippen LogP contribution in [0.4, 0.5) is 0 Å². The average molecular weight is 316 g/mol. The van der Waals surface area contributed by atoms with Crippen LogP contribution in [0.25, 0.3) is 0 Å². The topological polar surface area (TPSA) is 53.4 Å². The summed E-state index contributed by atoms with van der Waals surface area (Å²) < 4.78 is 12.6. The average Bonchev–Trinajstić information content (AvgIpc) is 2.55. The lowest BCUT2D eigenvalue weighted by Crippen LogP contribution is -2.29. The van der Waals surface area contributed by atoms with Crippen molar-refractivity contribution in [2.45, 2.75) is 25.9 Å². The van der Waals surface area contributed by atoms with Gasteiger partial charge in [-0.3, -0.25) is 9.36 Å². The predicted molar refractivity (Wildman–Crippen MR) is 89.7 cm³/mol. The van der Waals surface area contributed by atoms with Crippen LogP contribution in [-0.2, 0) is 16.5 Å². The molecule has 0 amide bonds. The number of hydrogen-bond acceptors (Lipinski definition) is 4. The summed E-state index contributed by atoms with van der Waals surface area (Å²) in [5.41, 5.74) is 1.64. The second-order valence-electron chi connectivity index (χ2n) is 5.74. The fraction of sp³-hybridized carbons (Fsp3) is 0.444. The summed E-state index contributed by atoms with van der Waals surface area (Å²) in [6.07, 6.45) is 1.27. The maximum Gasteiger partial charge on any atom is 0.256 e. The fourth-order valence-electron chi connectivity index (χ4n) is 2.41. The standard InChI is InChI=1S/C18H24N2O3/c1-13(2)15-12-19-17(20(3)18(15)21)16(23-11-10-22-4)14-8-6-5-7-9-14/h5-9,12-13,16H,10-11H2,1-4H3. The van der Waals surface area contributed by atoms with Crippen molar-refractivity contribution in [3.05, 3.63) is 63.8 Å². The Bertz CT molecular complexity index is 680. The van der Waals surface area contributed by atoms with E-state index in [1.165, 1.54) is 0 Å². The van der Waals surface area contributed by atoms with Crippen molar-refractivity contribution in [3.8, 4) is 0 Å². The smallest absolute Gasteiger partial charge is 0.256 e. The minimum atomic E-state index is -0.398. The molecule has 0 aliphatic heterocycles. The van der Waals surface area contributed by atoms with E-state index >= 15 is 0 Å². The Morgan fingerprint density at radius 2 is 1.87 bits per heavy atom. The Morgan fingerprint density at radius 3 is 2.48 bits per heavy atom. The van der Waals surface area contributed by atoms with Crippen LogP contribution in [0.5, 0.6) is 0 Å². The van der Waals surface area contributed by atoms with Gasteiger partial charge in [-0.2, -0.15) is 0 Å². The molecule has 2 aromatic rings. The Morgan fingerprint density at radius 1 is 1.17 bits per heavy atom. The van der Waals surface area contributed by atoms with Crippen LogP contribution >= 0.6 is 0 Å². The van der Waals surface area contributed by atoms with Gasteiger partial charge in [-0.25, -0.2) is 4.98 Å². The summed E-state index contributed by atoms with van der Waals surface area (Å²) in [6, 6.07) is 9.79. The lowest BCUT2D eigenvalue weighted by molar-refractivity contribution is 0.0299. The van der Waals surface area contributed by atoms with E-state index in [9.17, 15) is 4.79 Å². The monoisotopic (exact) mass is 316 g/mol. The Hall–Kier alpha value is -1.98. The zero-order valence-electron chi connectivity index (χ0n) is 14.2. The lowest BCUT2D eigenvalue weighted by Gasteiger charge is -2.21. The molecule has 0 aliphatic carbocycles. The van der Waals surface area contributed by atoms with Crippen LogP contribution in [0.3, 0.4) is 0 Å². The highest BCUT2D eigenvalue weighted by atomic mass is 16.5. The molecule has 124 valence electrons. The third kappa shape index (κ3) is 4.06. The SMILES string of the molecule is COCCOC(c1ccccc1)c1ncc(C(C)C)c(=O)n1C. The summed E-state index contributed by atoms with van der Waals surface area (Å²) in [5.74, 6) is 0.738. The van der Waals surface area contributed by atoms with E-state index in [0.717, 1.165) is 5.56 Å². The Balaban J connectivity index is 2.43. The molecule has 0 saturated heterocycles. The summed E-state index contributed by atoms with van der Waals surface area (Å²) >= 11 is 0. The van der Waals surface area contributed by atoms with Crippen LogP contribution in [0.15, 0.2) is 41.3 Å². The largest absolute Gasteiger partial charge is 0.382 e. The molecule has 1 unspecified atom stereocenters. The van der Waals surface area contributed by atoms with Gasteiger partial charge < -0.3 is 9.47 Å². The first-order valence-electron chi connectivity index (χ1n) is 7.77. The van der Waals surface area contributed by atoms with Crippen LogP contribution in [0, 0.1) is 0 Å². The number of rotatable bonds is 7. The van der Waals surface area contributed by atoms with Crippen LogP contribution in [-0.4, -0.2) is 29.9 Å². The Kier molecular flexibility index (Phi) is 6.07. The van der Waals surface area contributed by atoms with Gasteiger partial charge in [0.25, 0.3) is 5.56 Å². The van der Waals surface area contributed by atoms with Gasteiger partial charge >= 0.3 is 0 Å². The van der Waals surface area contributed by atoms with Crippen molar-refractivity contribution in [2.75, 3.05) is 20.3 Å². The minimum Gasteiger partial charge on any atom is -0.382 e. The van der Waals surface area contributed by atoms with Crippen molar-refractivity contribution < 1.29 is 9.47 Å². The molecule has 23 heavy (non-hydrogen) atoms. The van der Waals surface area contributed by atoms with E-state index in [1.54, 1.807) is 24.9 Å². The number of methoxy groups -OCH3 is 1. The molecular weight excluding hydrogens is 292 g/mol. The molecule has 0 bridgehead atoms. The van der Waals surface area contributed by atoms with Gasteiger partial charge in [0, 0.05) is 25.9 Å². The molecule has 0 radical (unpaired) electrons. The van der Waals surface area contributed by atoms with Crippen LogP contribution < -0.4 is 5.56 Å². The molecule has 0 saturated carbocycles. The summed E-state index contributed by atoms with van der Waals surface area (Å²) in [7, 11) is 3.37. The van der Waals surface area contributed by atoms with E-state index in [1.807, 2.05) is 44.2 Å². The van der Waals surface area contributed by atoms with Gasteiger partial charge in [0.15, 0.2) is 0 Å². The first-order chi connectivity index (χ1) is 11.1. The number of aromatic nitrogens is 2. The van der Waals surface area contributed by atoms with Crippen molar-refractivity contribution >= 4 is 0 Å². The van der Waals surface area contributed by atoms with E-state index in [4.69, 9.17) is 9.47 Å². The second kappa shape index (κ2) is 8.04. The third-order valence-corrected chi connectivity index (χ3v) is 3.76. The van der Waals surface area contributed by atoms with E-state index in [-0.39, 0.29) is 11.5 Å². The number of nitrogens with zero attached hydrogens (tertiary/aromatic N) is 2. The van der Waals surface area contributed by atoms with Crippen LogP contribution in [0.1, 0.15) is 42.8 Å². The maximum atomic E-state index is 12.5. The number of hydrogen-bond donors (Lipinski definition) is 0. The van der Waals surface area contributed by atoms with Crippen molar-refractivity contribution in [2.24, 2.45) is 7.05 Å². The molecule has 1 atom stereocenters. The van der Waals surface area contributed by atoms with Gasteiger partial charge in [-0.15, -0.1) is 0 Å². The van der Waals surface area contributed by atoms with E-state index in [2.05, 4.69) is 4.98 Å². The zero-order chi connectivity index (χ0) is 16.8. The first-order valence-corrected chi connectivity index (χ1v) is 7.77. The van der Waals surface area contributed by atoms with Gasteiger partial charge in [-0.1, -0.05) is 44.2 Å². The van der Waals surface area contributed by atoms with Gasteiger partial charge in [-0.05, 0) is 11.5 Å². The highest BCUT2D eigenvalue weighted by molar-refractivity contribution is 5.24. The molecule has 0 fully saturated rings. The second-order valence-corrected chi connectivity index (χ2v) is 5.74. The maximum absolute atomic E-state index is 12.5. The summed E-state index contributed by atoms with van der Waals surface area (Å²) in [5, 5.41) is 0. The normalized spacial score (nSPS) is 12.6. The minimum absolute atomic E-state index is 0.0266. The molecular formula is C18H24N2O3. The quantitative estimate of drug-likeness (QED) is 0.737. The van der Waals surface area contributed by atoms with Crippen LogP contribution in [0.2, 0.25) is 0 Å². The van der Waals surface area contributed by atoms with E-state index in [0.29, 0.717) is 24.6 Å². The molecule has 5 nitrogen and oxygen atoms in total. The highest BCUT2D eigenvalue weighted by Gasteiger charge is 2.21. The Labute approximate surface area is 136 Å². The fourth-order valence-corrected chi connectivity index (χ4v) is 2.41. The summed E-state index contributed by atoms with van der Waals surface area (Å²) in [4.78, 5) is 17.1. The molecule has 0 aliphatic rings. The molecule has 0 spiro atoms. The lowest BCUT2D eigenvalue weighted by atomic mass is 10.1. The van der Waals surface area contributed by atoms with Crippen molar-refractivity contribution in [1.29, 1.82) is 0 Å². The number of benzene rings is 1. The highest BCUT2D eigenvalue weighted by Crippen LogP contribution is 2.24. The molecule has 1 heterocycles.